The van der Waals surface area contributed by atoms with E-state index in [1.54, 1.807) is 0 Å². The van der Waals surface area contributed by atoms with Gasteiger partial charge in [0.1, 0.15) is 5.82 Å². The fraction of sp³-hybridized carbons (Fsp3) is 0.588. The lowest BCUT2D eigenvalue weighted by Crippen LogP contribution is -2.52. The number of halogens is 2. The van der Waals surface area contributed by atoms with E-state index >= 15 is 0 Å². The van der Waals surface area contributed by atoms with Crippen LogP contribution in [-0.4, -0.2) is 29.3 Å². The van der Waals surface area contributed by atoms with Gasteiger partial charge in [-0.25, -0.2) is 4.39 Å². The summed E-state index contributed by atoms with van der Waals surface area (Å²) in [7, 11) is 0. The number of rotatable bonds is 4. The summed E-state index contributed by atoms with van der Waals surface area (Å²) in [5, 5.41) is 0.485. The normalized spacial score (nSPS) is 21.8. The van der Waals surface area contributed by atoms with Gasteiger partial charge in [0.2, 0.25) is 0 Å². The van der Waals surface area contributed by atoms with E-state index in [0.29, 0.717) is 10.6 Å². The molecule has 0 amide bonds. The highest BCUT2D eigenvalue weighted by Crippen LogP contribution is 2.39. The lowest BCUT2D eigenvalue weighted by atomic mass is 9.86. The zero-order valence-electron chi connectivity index (χ0n) is 12.2. The van der Waals surface area contributed by atoms with Crippen LogP contribution >= 0.6 is 11.6 Å². The Kier molecular flexibility index (Phi) is 4.32. The average Bonchev–Trinajstić information content (AvgIpc) is 3.13. The summed E-state index contributed by atoms with van der Waals surface area (Å²) in [4.78, 5) is 15.3. The maximum absolute atomic E-state index is 13.4. The number of hydrogen-bond acceptors (Lipinski definition) is 2. The minimum atomic E-state index is -0.330. The summed E-state index contributed by atoms with van der Waals surface area (Å²) in [5.41, 5.74) is 0.304. The molecule has 2 fully saturated rings. The van der Waals surface area contributed by atoms with Gasteiger partial charge in [0.15, 0.2) is 5.78 Å². The zero-order chi connectivity index (χ0) is 14.9. The predicted molar refractivity (Wildman–Crippen MR) is 82.1 cm³/mol. The molecule has 1 saturated carbocycles. The third-order valence-electron chi connectivity index (χ3n) is 5.02. The molecule has 4 heteroatoms. The Bertz CT molecular complexity index is 534. The number of carbonyl (C=O) groups is 1. The van der Waals surface area contributed by atoms with Gasteiger partial charge in [-0.3, -0.25) is 9.69 Å². The van der Waals surface area contributed by atoms with Crippen LogP contribution in [0.4, 0.5) is 4.39 Å². The Labute approximate surface area is 130 Å². The van der Waals surface area contributed by atoms with Crippen LogP contribution in [0.5, 0.6) is 0 Å². The molecule has 0 radical (unpaired) electrons. The molecule has 1 aliphatic heterocycles. The van der Waals surface area contributed by atoms with Gasteiger partial charge in [-0.1, -0.05) is 24.4 Å². The average molecular weight is 310 g/mol. The molecule has 0 atom stereocenters. The van der Waals surface area contributed by atoms with Gasteiger partial charge in [-0.2, -0.15) is 0 Å². The van der Waals surface area contributed by atoms with E-state index in [1.165, 1.54) is 31.0 Å². The van der Waals surface area contributed by atoms with Crippen molar-refractivity contribution in [3.8, 4) is 0 Å². The molecule has 0 unspecified atom stereocenters. The Hall–Kier alpha value is -0.930. The third-order valence-corrected chi connectivity index (χ3v) is 5.39. The minimum absolute atomic E-state index is 0.217. The monoisotopic (exact) mass is 309 g/mol. The molecular formula is C17H21ClFNO. The second-order valence-electron chi connectivity index (χ2n) is 6.27. The Morgan fingerprint density at radius 2 is 1.86 bits per heavy atom. The quantitative estimate of drug-likeness (QED) is 0.838. The van der Waals surface area contributed by atoms with Crippen molar-refractivity contribution in [1.29, 1.82) is 0 Å². The Morgan fingerprint density at radius 1 is 1.19 bits per heavy atom. The molecule has 0 N–H and O–H groups in total. The number of likely N-dealkylation sites (tertiary alicyclic amines) is 1. The molecular weight excluding hydrogens is 289 g/mol. The maximum atomic E-state index is 13.4. The van der Waals surface area contributed by atoms with Gasteiger partial charge in [-0.15, -0.1) is 0 Å². The van der Waals surface area contributed by atoms with Crippen molar-refractivity contribution in [3.05, 3.63) is 34.6 Å². The smallest absolute Gasteiger partial charge is 0.157 e. The first kappa shape index (κ1) is 15.0. The Balaban J connectivity index is 1.83. The maximum Gasteiger partial charge on any atom is 0.157 e. The van der Waals surface area contributed by atoms with Gasteiger partial charge in [0.25, 0.3) is 0 Å². The first-order valence-electron chi connectivity index (χ1n) is 7.84. The molecule has 0 bridgehead atoms. The third kappa shape index (κ3) is 2.86. The number of Topliss-reactive ketones (excluding diaryl/α,β-unsaturated/α-hetero) is 1. The highest BCUT2D eigenvalue weighted by Gasteiger charge is 2.46. The largest absolute Gasteiger partial charge is 0.297 e. The molecule has 1 aliphatic carbocycles. The van der Waals surface area contributed by atoms with Gasteiger partial charge in [0, 0.05) is 11.4 Å². The van der Waals surface area contributed by atoms with Crippen LogP contribution in [0.2, 0.25) is 5.02 Å². The fourth-order valence-electron chi connectivity index (χ4n) is 3.89. The van der Waals surface area contributed by atoms with E-state index in [0.717, 1.165) is 38.8 Å². The number of ketones is 1. The first-order chi connectivity index (χ1) is 10.1. The lowest BCUT2D eigenvalue weighted by Gasteiger charge is -2.37. The molecule has 1 aromatic rings. The lowest BCUT2D eigenvalue weighted by molar-refractivity contribution is -0.129. The van der Waals surface area contributed by atoms with Crippen LogP contribution in [0.15, 0.2) is 18.2 Å². The summed E-state index contributed by atoms with van der Waals surface area (Å²) in [6.07, 6.45) is 6.70. The van der Waals surface area contributed by atoms with Gasteiger partial charge >= 0.3 is 0 Å². The molecule has 1 aromatic carbocycles. The van der Waals surface area contributed by atoms with E-state index in [2.05, 4.69) is 4.90 Å². The topological polar surface area (TPSA) is 20.3 Å². The van der Waals surface area contributed by atoms with Crippen LogP contribution in [0, 0.1) is 5.82 Å². The van der Waals surface area contributed by atoms with Crippen molar-refractivity contribution >= 4 is 17.4 Å². The number of carbonyl (C=O) groups excluding carboxylic acids is 1. The van der Waals surface area contributed by atoms with Crippen molar-refractivity contribution in [2.75, 3.05) is 13.1 Å². The van der Waals surface area contributed by atoms with Gasteiger partial charge in [-0.05, 0) is 62.5 Å². The summed E-state index contributed by atoms with van der Waals surface area (Å²) in [6.45, 7) is 2.03. The Morgan fingerprint density at radius 3 is 2.52 bits per heavy atom. The molecule has 1 saturated heterocycles. The number of hydrogen-bond donors (Lipinski definition) is 0. The number of nitrogens with zero attached hydrogens (tertiary/aromatic N) is 1. The van der Waals surface area contributed by atoms with Crippen molar-refractivity contribution in [1.82, 2.24) is 4.90 Å². The highest BCUT2D eigenvalue weighted by molar-refractivity contribution is 6.31. The van der Waals surface area contributed by atoms with Gasteiger partial charge in [0.05, 0.1) is 5.54 Å². The molecule has 1 heterocycles. The molecule has 114 valence electrons. The zero-order valence-corrected chi connectivity index (χ0v) is 13.0. The van der Waals surface area contributed by atoms with Gasteiger partial charge < -0.3 is 0 Å². The summed E-state index contributed by atoms with van der Waals surface area (Å²) in [6, 6.07) is 4.27. The van der Waals surface area contributed by atoms with Crippen LogP contribution in [0.3, 0.4) is 0 Å². The molecule has 0 spiro atoms. The molecule has 2 aliphatic rings. The fourth-order valence-corrected chi connectivity index (χ4v) is 4.08. The second-order valence-corrected chi connectivity index (χ2v) is 6.68. The molecule has 0 aromatic heterocycles. The molecule has 2 nitrogen and oxygen atoms in total. The van der Waals surface area contributed by atoms with Crippen molar-refractivity contribution < 1.29 is 9.18 Å². The SMILES string of the molecule is O=C(Cc1cc(F)ccc1Cl)C1(N2CCCC2)CCCC1. The van der Waals surface area contributed by atoms with E-state index in [-0.39, 0.29) is 23.6 Å². The van der Waals surface area contributed by atoms with Crippen LogP contribution in [-0.2, 0) is 11.2 Å². The first-order valence-corrected chi connectivity index (χ1v) is 8.22. The van der Waals surface area contributed by atoms with Crippen molar-refractivity contribution in [2.24, 2.45) is 0 Å². The van der Waals surface area contributed by atoms with E-state index in [1.807, 2.05) is 0 Å². The number of benzene rings is 1. The van der Waals surface area contributed by atoms with Crippen LogP contribution in [0.25, 0.3) is 0 Å². The molecule has 21 heavy (non-hydrogen) atoms. The van der Waals surface area contributed by atoms with Crippen LogP contribution < -0.4 is 0 Å². The van der Waals surface area contributed by atoms with E-state index in [9.17, 15) is 9.18 Å². The predicted octanol–water partition coefficient (Wildman–Crippen LogP) is 4.00. The van der Waals surface area contributed by atoms with Crippen molar-refractivity contribution in [3.63, 3.8) is 0 Å². The van der Waals surface area contributed by atoms with Crippen molar-refractivity contribution in [2.45, 2.75) is 50.5 Å². The van der Waals surface area contributed by atoms with E-state index < -0.39 is 0 Å². The highest BCUT2D eigenvalue weighted by atomic mass is 35.5. The summed E-state index contributed by atoms with van der Waals surface area (Å²) < 4.78 is 13.4. The van der Waals surface area contributed by atoms with E-state index in [4.69, 9.17) is 11.6 Å². The summed E-state index contributed by atoms with van der Waals surface area (Å²) in [5.74, 6) is -0.113. The van der Waals surface area contributed by atoms with Crippen LogP contribution in [0.1, 0.15) is 44.1 Å². The summed E-state index contributed by atoms with van der Waals surface area (Å²) >= 11 is 6.12. The second kappa shape index (κ2) is 6.05. The minimum Gasteiger partial charge on any atom is -0.297 e. The molecule has 3 rings (SSSR count). The standard InChI is InChI=1S/C17H21ClFNO/c18-15-6-5-14(19)11-13(15)12-16(21)17(7-1-2-8-17)20-9-3-4-10-20/h5-6,11H,1-4,7-10,12H2.